The average molecular weight is 313 g/mol. The molecule has 0 aromatic rings. The van der Waals surface area contributed by atoms with Gasteiger partial charge in [-0.15, -0.1) is 0 Å². The van der Waals surface area contributed by atoms with Gasteiger partial charge in [0.15, 0.2) is 5.96 Å². The summed E-state index contributed by atoms with van der Waals surface area (Å²) in [4.78, 5) is 18.1. The van der Waals surface area contributed by atoms with Crippen molar-refractivity contribution in [2.45, 2.75) is 31.7 Å². The zero-order chi connectivity index (χ0) is 16.6. The Morgan fingerprint density at radius 1 is 1.35 bits per heavy atom. The fourth-order valence-electron chi connectivity index (χ4n) is 3.38. The molecule has 1 aliphatic heterocycles. The van der Waals surface area contributed by atoms with Crippen molar-refractivity contribution in [3.05, 3.63) is 47.8 Å². The van der Waals surface area contributed by atoms with Crippen molar-refractivity contribution in [1.29, 1.82) is 0 Å². The van der Waals surface area contributed by atoms with Gasteiger partial charge in [0, 0.05) is 7.05 Å². The molecular formula is C18H23N3O2. The largest absolute Gasteiger partial charge is 0.508 e. The third-order valence-electron chi connectivity index (χ3n) is 4.96. The standard InChI is InChI=1S/C18H23N3O2/c1-18(11-16(23)21(2)17(19)20-18)14-5-3-4-13(10-14)12-6-8-15(22)9-7-12/h3,5-6,8-10,12-13,22H,4,7,11H2,1-2H3,(H2,19,20). The van der Waals surface area contributed by atoms with Gasteiger partial charge in [0.2, 0.25) is 5.91 Å². The number of hydrogen-bond donors (Lipinski definition) is 2. The summed E-state index contributed by atoms with van der Waals surface area (Å²) in [7, 11) is 1.65. The first-order valence-corrected chi connectivity index (χ1v) is 7.97. The van der Waals surface area contributed by atoms with E-state index in [1.54, 1.807) is 13.1 Å². The summed E-state index contributed by atoms with van der Waals surface area (Å²) in [6.45, 7) is 1.96. The summed E-state index contributed by atoms with van der Waals surface area (Å²) < 4.78 is 0. The van der Waals surface area contributed by atoms with Gasteiger partial charge in [-0.1, -0.05) is 24.3 Å². The van der Waals surface area contributed by atoms with Crippen molar-refractivity contribution in [2.75, 3.05) is 7.05 Å². The molecule has 23 heavy (non-hydrogen) atoms. The molecule has 5 nitrogen and oxygen atoms in total. The molecule has 3 N–H and O–H groups in total. The molecule has 5 heteroatoms. The van der Waals surface area contributed by atoms with Gasteiger partial charge in [0.25, 0.3) is 0 Å². The summed E-state index contributed by atoms with van der Waals surface area (Å²) >= 11 is 0. The number of hydrogen-bond acceptors (Lipinski definition) is 4. The molecule has 3 rings (SSSR count). The quantitative estimate of drug-likeness (QED) is 0.822. The van der Waals surface area contributed by atoms with E-state index in [2.05, 4.69) is 29.3 Å². The van der Waals surface area contributed by atoms with Crippen molar-refractivity contribution in [3.8, 4) is 0 Å². The van der Waals surface area contributed by atoms with Gasteiger partial charge < -0.3 is 10.8 Å². The van der Waals surface area contributed by atoms with Crippen molar-refractivity contribution in [2.24, 2.45) is 22.6 Å². The Bertz CT molecular complexity index is 672. The normalized spacial score (nSPS) is 34.1. The average Bonchev–Trinajstić information content (AvgIpc) is 2.53. The maximum Gasteiger partial charge on any atom is 0.231 e. The predicted octanol–water partition coefficient (Wildman–Crippen LogP) is 2.44. The first-order valence-electron chi connectivity index (χ1n) is 7.97. The lowest BCUT2D eigenvalue weighted by Crippen LogP contribution is -2.49. The third-order valence-corrected chi connectivity index (χ3v) is 4.96. The van der Waals surface area contributed by atoms with Crippen LogP contribution < -0.4 is 5.73 Å². The number of carbonyl (C=O) groups excluding carboxylic acids is 1. The van der Waals surface area contributed by atoms with Gasteiger partial charge in [-0.3, -0.25) is 9.69 Å². The highest BCUT2D eigenvalue weighted by molar-refractivity contribution is 5.99. The van der Waals surface area contributed by atoms with E-state index in [9.17, 15) is 9.90 Å². The van der Waals surface area contributed by atoms with Gasteiger partial charge in [0.1, 0.15) is 5.76 Å². The maximum absolute atomic E-state index is 12.1. The van der Waals surface area contributed by atoms with E-state index >= 15 is 0 Å². The predicted molar refractivity (Wildman–Crippen MR) is 90.7 cm³/mol. The minimum Gasteiger partial charge on any atom is -0.508 e. The Hall–Kier alpha value is -2.30. The number of aliphatic hydroxyl groups excluding tert-OH is 1. The fraction of sp³-hybridized carbons (Fsp3) is 0.444. The van der Waals surface area contributed by atoms with Crippen LogP contribution in [0.2, 0.25) is 0 Å². The maximum atomic E-state index is 12.1. The minimum atomic E-state index is -0.598. The molecule has 0 fully saturated rings. The molecule has 3 atom stereocenters. The summed E-state index contributed by atoms with van der Waals surface area (Å²) in [6.07, 6.45) is 14.2. The van der Waals surface area contributed by atoms with Gasteiger partial charge in [-0.2, -0.15) is 0 Å². The van der Waals surface area contributed by atoms with Crippen LogP contribution in [0, 0.1) is 11.8 Å². The molecule has 3 aliphatic rings. The van der Waals surface area contributed by atoms with Crippen LogP contribution in [0.15, 0.2) is 52.8 Å². The monoisotopic (exact) mass is 313 g/mol. The van der Waals surface area contributed by atoms with Crippen molar-refractivity contribution >= 4 is 11.9 Å². The lowest BCUT2D eigenvalue weighted by Gasteiger charge is -2.36. The summed E-state index contributed by atoms with van der Waals surface area (Å²) in [5, 5.41) is 9.48. The zero-order valence-electron chi connectivity index (χ0n) is 13.6. The van der Waals surface area contributed by atoms with Gasteiger partial charge >= 0.3 is 0 Å². The van der Waals surface area contributed by atoms with Crippen LogP contribution in [0.25, 0.3) is 0 Å². The van der Waals surface area contributed by atoms with E-state index in [1.165, 1.54) is 4.90 Å². The van der Waals surface area contributed by atoms with E-state index in [4.69, 9.17) is 5.73 Å². The van der Waals surface area contributed by atoms with E-state index < -0.39 is 5.54 Å². The second kappa shape index (κ2) is 5.72. The van der Waals surface area contributed by atoms with E-state index in [0.29, 0.717) is 24.0 Å². The molecule has 0 spiro atoms. The van der Waals surface area contributed by atoms with Crippen LogP contribution in [-0.4, -0.2) is 34.5 Å². The van der Waals surface area contributed by atoms with Crippen LogP contribution in [0.5, 0.6) is 0 Å². The Morgan fingerprint density at radius 3 is 2.78 bits per heavy atom. The highest BCUT2D eigenvalue weighted by Gasteiger charge is 2.38. The number of nitrogens with two attached hydrogens (primary N) is 1. The van der Waals surface area contributed by atoms with Crippen LogP contribution in [0.3, 0.4) is 0 Å². The van der Waals surface area contributed by atoms with Crippen molar-refractivity contribution < 1.29 is 9.90 Å². The summed E-state index contributed by atoms with van der Waals surface area (Å²) in [5.74, 6) is 1.30. The van der Waals surface area contributed by atoms with E-state index in [-0.39, 0.29) is 11.9 Å². The van der Waals surface area contributed by atoms with Gasteiger partial charge in [-0.25, -0.2) is 4.99 Å². The molecule has 0 aromatic heterocycles. The molecule has 0 saturated heterocycles. The highest BCUT2D eigenvalue weighted by atomic mass is 16.3. The second-order valence-corrected chi connectivity index (χ2v) is 6.68. The first-order chi connectivity index (χ1) is 10.9. The number of aliphatic imine (C=N–C) groups is 1. The fourth-order valence-corrected chi connectivity index (χ4v) is 3.38. The molecule has 1 heterocycles. The zero-order valence-corrected chi connectivity index (χ0v) is 13.6. The molecule has 1 amide bonds. The molecule has 0 saturated carbocycles. The summed E-state index contributed by atoms with van der Waals surface area (Å²) in [5.41, 5.74) is 6.35. The van der Waals surface area contributed by atoms with E-state index in [0.717, 1.165) is 18.4 Å². The number of allylic oxidation sites excluding steroid dienone is 5. The molecule has 2 aliphatic carbocycles. The molecule has 0 aromatic carbocycles. The van der Waals surface area contributed by atoms with Crippen LogP contribution in [-0.2, 0) is 4.79 Å². The molecule has 122 valence electrons. The number of carbonyl (C=O) groups is 1. The van der Waals surface area contributed by atoms with Gasteiger partial charge in [0.05, 0.1) is 12.0 Å². The molecular weight excluding hydrogens is 290 g/mol. The SMILES string of the molecule is CN1C(=O)CC(C)(C2=CC(C3C=CC(O)=CC3)CC=C2)N=C1N. The number of nitrogens with zero attached hydrogens (tertiary/aromatic N) is 2. The molecule has 0 bridgehead atoms. The lowest BCUT2D eigenvalue weighted by atomic mass is 9.76. The Labute approximate surface area is 136 Å². The Balaban J connectivity index is 1.86. The van der Waals surface area contributed by atoms with E-state index in [1.807, 2.05) is 13.0 Å². The molecule has 0 radical (unpaired) electrons. The third kappa shape index (κ3) is 2.96. The number of amides is 1. The highest BCUT2D eigenvalue weighted by Crippen LogP contribution is 2.37. The smallest absolute Gasteiger partial charge is 0.231 e. The lowest BCUT2D eigenvalue weighted by molar-refractivity contribution is -0.128. The van der Waals surface area contributed by atoms with Crippen molar-refractivity contribution in [1.82, 2.24) is 4.90 Å². The Morgan fingerprint density at radius 2 is 2.13 bits per heavy atom. The second-order valence-electron chi connectivity index (χ2n) is 6.68. The number of aliphatic hydroxyl groups is 1. The topological polar surface area (TPSA) is 78.9 Å². The first kappa shape index (κ1) is 15.6. The molecule has 3 unspecified atom stereocenters. The number of rotatable bonds is 2. The number of guanidine groups is 1. The van der Waals surface area contributed by atoms with Crippen LogP contribution in [0.4, 0.5) is 0 Å². The summed E-state index contributed by atoms with van der Waals surface area (Å²) in [6, 6.07) is 0. The Kier molecular flexibility index (Phi) is 3.88. The van der Waals surface area contributed by atoms with Crippen LogP contribution in [0.1, 0.15) is 26.2 Å². The minimum absolute atomic E-state index is 0.0122. The van der Waals surface area contributed by atoms with Crippen LogP contribution >= 0.6 is 0 Å². The van der Waals surface area contributed by atoms with Gasteiger partial charge in [-0.05, 0) is 49.3 Å². The van der Waals surface area contributed by atoms with Crippen molar-refractivity contribution in [3.63, 3.8) is 0 Å².